The van der Waals surface area contributed by atoms with E-state index in [9.17, 15) is 17.8 Å². The highest BCUT2D eigenvalue weighted by Gasteiger charge is 2.28. The molecule has 0 fully saturated rings. The SMILES string of the molecule is CC1=C(Br)C(=O)C(Br)=C/C1=C(\c1ccccc1S(=O)(=O)O)c1cc(Br)cc(Br)c1C.CO. The van der Waals surface area contributed by atoms with E-state index in [4.69, 9.17) is 5.11 Å². The van der Waals surface area contributed by atoms with Gasteiger partial charge in [-0.3, -0.25) is 9.35 Å². The standard InChI is InChI=1S/C21H14Br4O4S.CH4O/c1-10-14(7-12(22)8-16(10)23)19(13-5-3-4-6-18(13)30(27,28)29)15-9-17(24)21(26)20(25)11(15)2;1-2/h3-9H,1-2H3,(H,27,28,29);2H,1H3/b19-15-;. The molecule has 0 aliphatic heterocycles. The number of rotatable bonds is 3. The molecular weight excluding hydrogens is 696 g/mol. The molecule has 0 spiro atoms. The van der Waals surface area contributed by atoms with Crippen molar-refractivity contribution in [3.8, 4) is 0 Å². The Morgan fingerprint density at radius 2 is 1.53 bits per heavy atom. The molecule has 170 valence electrons. The van der Waals surface area contributed by atoms with Crippen molar-refractivity contribution in [2.24, 2.45) is 0 Å². The third-order valence-electron chi connectivity index (χ3n) is 4.70. The predicted molar refractivity (Wildman–Crippen MR) is 141 cm³/mol. The van der Waals surface area contributed by atoms with Crippen molar-refractivity contribution >= 4 is 85.2 Å². The van der Waals surface area contributed by atoms with Gasteiger partial charge in [0.05, 0.1) is 8.96 Å². The zero-order chi connectivity index (χ0) is 24.4. The Morgan fingerprint density at radius 3 is 2.12 bits per heavy atom. The maximum Gasteiger partial charge on any atom is 0.295 e. The number of hydrogen-bond acceptors (Lipinski definition) is 4. The highest BCUT2D eigenvalue weighted by Crippen LogP contribution is 2.43. The van der Waals surface area contributed by atoms with Crippen molar-refractivity contribution < 1.29 is 22.9 Å². The average Bonchev–Trinajstić information content (AvgIpc) is 2.74. The van der Waals surface area contributed by atoms with Crippen LogP contribution in [0.2, 0.25) is 0 Å². The number of aliphatic hydroxyl groups excluding tert-OH is 1. The van der Waals surface area contributed by atoms with Crippen molar-refractivity contribution in [1.82, 2.24) is 0 Å². The molecule has 32 heavy (non-hydrogen) atoms. The fraction of sp³-hybridized carbons (Fsp3) is 0.136. The molecule has 0 saturated carbocycles. The summed E-state index contributed by atoms with van der Waals surface area (Å²) in [5.41, 5.74) is 3.82. The highest BCUT2D eigenvalue weighted by atomic mass is 79.9. The summed E-state index contributed by atoms with van der Waals surface area (Å²) in [5.74, 6) is -0.203. The zero-order valence-electron chi connectivity index (χ0n) is 17.1. The van der Waals surface area contributed by atoms with Crippen LogP contribution >= 0.6 is 63.7 Å². The van der Waals surface area contributed by atoms with Gasteiger partial charge in [-0.25, -0.2) is 0 Å². The van der Waals surface area contributed by atoms with Crippen LogP contribution < -0.4 is 0 Å². The zero-order valence-corrected chi connectivity index (χ0v) is 24.2. The maximum absolute atomic E-state index is 12.4. The van der Waals surface area contributed by atoms with E-state index in [1.807, 2.05) is 19.1 Å². The molecule has 0 bridgehead atoms. The molecular formula is C22H18Br4O5S. The van der Waals surface area contributed by atoms with Crippen LogP contribution in [0.3, 0.4) is 0 Å². The molecule has 0 atom stereocenters. The van der Waals surface area contributed by atoms with Crippen LogP contribution in [0.5, 0.6) is 0 Å². The van der Waals surface area contributed by atoms with Crippen LogP contribution in [0.4, 0.5) is 0 Å². The van der Waals surface area contributed by atoms with Gasteiger partial charge in [0.2, 0.25) is 5.78 Å². The van der Waals surface area contributed by atoms with E-state index in [1.54, 1.807) is 31.2 Å². The first-order valence-corrected chi connectivity index (χ1v) is 13.5. The molecule has 0 heterocycles. The topological polar surface area (TPSA) is 91.7 Å². The van der Waals surface area contributed by atoms with Crippen LogP contribution in [0.25, 0.3) is 5.57 Å². The fourth-order valence-corrected chi connectivity index (χ4v) is 6.24. The Morgan fingerprint density at radius 1 is 0.938 bits per heavy atom. The second-order valence-corrected chi connectivity index (χ2v) is 11.4. The van der Waals surface area contributed by atoms with Gasteiger partial charge in [0.25, 0.3) is 10.1 Å². The molecule has 0 aromatic heterocycles. The van der Waals surface area contributed by atoms with Crippen LogP contribution in [0.15, 0.2) is 76.4 Å². The van der Waals surface area contributed by atoms with Crippen molar-refractivity contribution in [2.75, 3.05) is 7.11 Å². The molecule has 1 aliphatic carbocycles. The normalized spacial score (nSPS) is 15.8. The third kappa shape index (κ3) is 5.60. The van der Waals surface area contributed by atoms with E-state index in [-0.39, 0.29) is 10.7 Å². The van der Waals surface area contributed by atoms with Crippen LogP contribution in [-0.2, 0) is 14.9 Å². The summed E-state index contributed by atoms with van der Waals surface area (Å²) in [6.45, 7) is 3.69. The summed E-state index contributed by atoms with van der Waals surface area (Å²) in [4.78, 5) is 12.2. The van der Waals surface area contributed by atoms with Crippen molar-refractivity contribution in [3.63, 3.8) is 0 Å². The molecule has 2 aromatic carbocycles. The number of allylic oxidation sites excluding steroid dienone is 5. The summed E-state index contributed by atoms with van der Waals surface area (Å²) >= 11 is 13.7. The van der Waals surface area contributed by atoms with Gasteiger partial charge in [-0.2, -0.15) is 8.42 Å². The summed E-state index contributed by atoms with van der Waals surface area (Å²) in [5, 5.41) is 7.00. The number of ketones is 1. The van der Waals surface area contributed by atoms with Crippen molar-refractivity contribution in [2.45, 2.75) is 18.7 Å². The van der Waals surface area contributed by atoms with E-state index in [1.165, 1.54) is 6.07 Å². The molecule has 0 radical (unpaired) electrons. The molecule has 5 nitrogen and oxygen atoms in total. The summed E-state index contributed by atoms with van der Waals surface area (Å²) in [6, 6.07) is 10.0. The molecule has 0 saturated heterocycles. The first-order chi connectivity index (χ1) is 14.9. The summed E-state index contributed by atoms with van der Waals surface area (Å²) in [6.07, 6.45) is 1.67. The molecule has 0 amide bonds. The quantitative estimate of drug-likeness (QED) is 0.346. The van der Waals surface area contributed by atoms with E-state index in [0.29, 0.717) is 31.2 Å². The number of Topliss-reactive ketones (excluding diaryl/α,β-unsaturated/α-hetero) is 1. The molecule has 3 rings (SSSR count). The van der Waals surface area contributed by atoms with Gasteiger partial charge in [0, 0.05) is 21.6 Å². The lowest BCUT2D eigenvalue weighted by atomic mass is 9.85. The monoisotopic (exact) mass is 710 g/mol. The molecule has 10 heteroatoms. The minimum atomic E-state index is -4.50. The van der Waals surface area contributed by atoms with Crippen LogP contribution in [0, 0.1) is 6.92 Å². The van der Waals surface area contributed by atoms with E-state index in [2.05, 4.69) is 63.7 Å². The Labute approximate surface area is 220 Å². The lowest BCUT2D eigenvalue weighted by molar-refractivity contribution is -0.111. The predicted octanol–water partition coefficient (Wildman–Crippen LogP) is 6.71. The van der Waals surface area contributed by atoms with Gasteiger partial charge in [-0.1, -0.05) is 50.1 Å². The van der Waals surface area contributed by atoms with Crippen LogP contribution in [0.1, 0.15) is 23.6 Å². The molecule has 0 unspecified atom stereocenters. The van der Waals surface area contributed by atoms with Crippen molar-refractivity contribution in [1.29, 1.82) is 0 Å². The number of halogens is 4. The van der Waals surface area contributed by atoms with Gasteiger partial charge in [0.15, 0.2) is 0 Å². The summed E-state index contributed by atoms with van der Waals surface area (Å²) < 4.78 is 36.5. The molecule has 1 aliphatic rings. The number of hydrogen-bond donors (Lipinski definition) is 2. The van der Waals surface area contributed by atoms with Crippen molar-refractivity contribution in [3.05, 3.63) is 88.2 Å². The minimum absolute atomic E-state index is 0.203. The average molecular weight is 714 g/mol. The number of carbonyl (C=O) groups is 1. The van der Waals surface area contributed by atoms with Gasteiger partial charge >= 0.3 is 0 Å². The number of aliphatic hydroxyl groups is 1. The first-order valence-electron chi connectivity index (χ1n) is 8.94. The fourth-order valence-electron chi connectivity index (χ4n) is 3.19. The Bertz CT molecular complexity index is 1290. The Balaban J connectivity index is 0.00000176. The highest BCUT2D eigenvalue weighted by molar-refractivity contribution is 9.13. The first kappa shape index (κ1) is 27.4. The third-order valence-corrected chi connectivity index (χ3v) is 8.44. The van der Waals surface area contributed by atoms with Gasteiger partial charge in [-0.05, 0) is 97.8 Å². The Hall–Kier alpha value is -0.880. The van der Waals surface area contributed by atoms with Gasteiger partial charge < -0.3 is 5.11 Å². The lowest BCUT2D eigenvalue weighted by Gasteiger charge is -2.22. The second-order valence-electron chi connectivity index (χ2n) is 6.58. The lowest BCUT2D eigenvalue weighted by Crippen LogP contribution is -2.11. The minimum Gasteiger partial charge on any atom is -0.400 e. The maximum atomic E-state index is 12.4. The van der Waals surface area contributed by atoms with E-state index < -0.39 is 10.1 Å². The molecule has 2 N–H and O–H groups in total. The smallest absolute Gasteiger partial charge is 0.295 e. The van der Waals surface area contributed by atoms with E-state index in [0.717, 1.165) is 27.2 Å². The second kappa shape index (κ2) is 11.0. The number of carbonyl (C=O) groups excluding carboxylic acids is 1. The Kier molecular flexibility index (Phi) is 9.43. The molecule has 2 aromatic rings. The van der Waals surface area contributed by atoms with Gasteiger partial charge in [0.1, 0.15) is 4.90 Å². The van der Waals surface area contributed by atoms with E-state index >= 15 is 0 Å². The largest absolute Gasteiger partial charge is 0.400 e. The number of benzene rings is 2. The van der Waals surface area contributed by atoms with Gasteiger partial charge in [-0.15, -0.1) is 0 Å². The van der Waals surface area contributed by atoms with Crippen LogP contribution in [-0.4, -0.2) is 31.0 Å². The summed E-state index contributed by atoms with van der Waals surface area (Å²) in [7, 11) is -3.50.